The fourth-order valence-corrected chi connectivity index (χ4v) is 3.13. The van der Waals surface area contributed by atoms with Gasteiger partial charge in [-0.25, -0.2) is 4.79 Å². The number of nitrogens with zero attached hydrogens (tertiary/aromatic N) is 3. The molecule has 3 aromatic heterocycles. The highest BCUT2D eigenvalue weighted by molar-refractivity contribution is 5.94. The van der Waals surface area contributed by atoms with Crippen LogP contribution in [0.4, 0.5) is 0 Å². The van der Waals surface area contributed by atoms with E-state index in [9.17, 15) is 14.7 Å². The average molecular weight is 349 g/mol. The Hall–Kier alpha value is -3.68. The van der Waals surface area contributed by atoms with E-state index in [-0.39, 0.29) is 11.1 Å². The second-order valence-electron chi connectivity index (χ2n) is 5.99. The first-order valence-electron chi connectivity index (χ1n) is 7.92. The SMILES string of the molecule is Cn1cc(Cc2nccnc2-c2c[nH][nH]c2=O)c2ccc(C(=O)O)cc21. The molecule has 130 valence electrons. The summed E-state index contributed by atoms with van der Waals surface area (Å²) < 4.78 is 1.89. The number of aromatic amines is 2. The number of nitrogens with one attached hydrogen (secondary N) is 2. The van der Waals surface area contributed by atoms with E-state index in [1.165, 1.54) is 0 Å². The molecule has 0 bridgehead atoms. The number of carboxylic acids is 1. The molecule has 4 aromatic rings. The molecule has 0 radical (unpaired) electrons. The van der Waals surface area contributed by atoms with Crippen molar-refractivity contribution in [2.75, 3.05) is 0 Å². The minimum atomic E-state index is -0.961. The highest BCUT2D eigenvalue weighted by Gasteiger charge is 2.16. The van der Waals surface area contributed by atoms with Gasteiger partial charge in [-0.2, -0.15) is 0 Å². The first-order chi connectivity index (χ1) is 12.5. The number of carboxylic acid groups (broad SMARTS) is 1. The maximum atomic E-state index is 11.9. The van der Waals surface area contributed by atoms with Crippen LogP contribution in [-0.4, -0.2) is 35.8 Å². The van der Waals surface area contributed by atoms with E-state index in [2.05, 4.69) is 20.2 Å². The predicted molar refractivity (Wildman–Crippen MR) is 95.1 cm³/mol. The normalized spacial score (nSPS) is 11.1. The van der Waals surface area contributed by atoms with E-state index >= 15 is 0 Å². The van der Waals surface area contributed by atoms with Crippen molar-refractivity contribution in [1.82, 2.24) is 24.7 Å². The molecule has 0 saturated heterocycles. The molecule has 0 amide bonds. The van der Waals surface area contributed by atoms with Crippen molar-refractivity contribution in [1.29, 1.82) is 0 Å². The molecule has 0 fully saturated rings. The molecule has 0 spiro atoms. The molecule has 0 saturated carbocycles. The van der Waals surface area contributed by atoms with Gasteiger partial charge in [0.2, 0.25) is 0 Å². The van der Waals surface area contributed by atoms with Crippen LogP contribution >= 0.6 is 0 Å². The summed E-state index contributed by atoms with van der Waals surface area (Å²) in [6.07, 6.45) is 7.12. The van der Waals surface area contributed by atoms with Gasteiger partial charge < -0.3 is 14.8 Å². The minimum absolute atomic E-state index is 0.240. The highest BCUT2D eigenvalue weighted by atomic mass is 16.4. The molecule has 0 aliphatic rings. The fourth-order valence-electron chi connectivity index (χ4n) is 3.13. The molecule has 26 heavy (non-hydrogen) atoms. The fraction of sp³-hybridized carbons (Fsp3) is 0.111. The molecule has 3 N–H and O–H groups in total. The number of fused-ring (bicyclic) bond motifs is 1. The Morgan fingerprint density at radius 3 is 2.81 bits per heavy atom. The smallest absolute Gasteiger partial charge is 0.335 e. The molecule has 0 aliphatic heterocycles. The summed E-state index contributed by atoms with van der Waals surface area (Å²) in [5.74, 6) is -0.961. The number of hydrogen-bond donors (Lipinski definition) is 3. The third-order valence-corrected chi connectivity index (χ3v) is 4.35. The first-order valence-corrected chi connectivity index (χ1v) is 7.92. The summed E-state index contributed by atoms with van der Waals surface area (Å²) in [5, 5.41) is 15.3. The highest BCUT2D eigenvalue weighted by Crippen LogP contribution is 2.26. The maximum Gasteiger partial charge on any atom is 0.335 e. The Balaban J connectivity index is 1.81. The van der Waals surface area contributed by atoms with Crippen molar-refractivity contribution in [3.8, 4) is 11.3 Å². The van der Waals surface area contributed by atoms with E-state index in [0.717, 1.165) is 16.5 Å². The average Bonchev–Trinajstić information content (AvgIpc) is 3.19. The molecule has 0 unspecified atom stereocenters. The van der Waals surface area contributed by atoms with Gasteiger partial charge in [-0.15, -0.1) is 0 Å². The number of aromatic nitrogens is 5. The summed E-state index contributed by atoms with van der Waals surface area (Å²) in [6.45, 7) is 0. The second-order valence-corrected chi connectivity index (χ2v) is 5.99. The second kappa shape index (κ2) is 5.99. The van der Waals surface area contributed by atoms with Gasteiger partial charge in [0.05, 0.1) is 22.5 Å². The van der Waals surface area contributed by atoms with Crippen LogP contribution in [0.1, 0.15) is 21.6 Å². The van der Waals surface area contributed by atoms with Crippen LogP contribution in [0.5, 0.6) is 0 Å². The van der Waals surface area contributed by atoms with Gasteiger partial charge in [-0.3, -0.25) is 19.9 Å². The van der Waals surface area contributed by atoms with Gasteiger partial charge in [0.15, 0.2) is 0 Å². The summed E-state index contributed by atoms with van der Waals surface area (Å²) in [7, 11) is 1.87. The number of carbonyl (C=O) groups is 1. The van der Waals surface area contributed by atoms with Gasteiger partial charge in [0, 0.05) is 49.2 Å². The van der Waals surface area contributed by atoms with E-state index in [1.54, 1.807) is 36.8 Å². The lowest BCUT2D eigenvalue weighted by Crippen LogP contribution is -2.06. The molecule has 8 nitrogen and oxygen atoms in total. The van der Waals surface area contributed by atoms with Crippen LogP contribution in [0.2, 0.25) is 0 Å². The van der Waals surface area contributed by atoms with Crippen molar-refractivity contribution in [2.45, 2.75) is 6.42 Å². The minimum Gasteiger partial charge on any atom is -0.478 e. The lowest BCUT2D eigenvalue weighted by molar-refractivity contribution is 0.0697. The summed E-state index contributed by atoms with van der Waals surface area (Å²) in [6, 6.07) is 5.03. The number of benzene rings is 1. The zero-order valence-electron chi connectivity index (χ0n) is 13.9. The van der Waals surface area contributed by atoms with Gasteiger partial charge in [0.25, 0.3) is 5.56 Å². The molecule has 4 rings (SSSR count). The number of aryl methyl sites for hydroxylation is 1. The Morgan fingerprint density at radius 2 is 2.08 bits per heavy atom. The quantitative estimate of drug-likeness (QED) is 0.520. The zero-order chi connectivity index (χ0) is 18.3. The van der Waals surface area contributed by atoms with Crippen molar-refractivity contribution < 1.29 is 9.90 Å². The Morgan fingerprint density at radius 1 is 1.27 bits per heavy atom. The molecular formula is C18H15N5O3. The monoisotopic (exact) mass is 349 g/mol. The van der Waals surface area contributed by atoms with E-state index in [1.807, 2.05) is 17.8 Å². The number of H-pyrrole nitrogens is 2. The van der Waals surface area contributed by atoms with Crippen LogP contribution in [0.3, 0.4) is 0 Å². The largest absolute Gasteiger partial charge is 0.478 e. The van der Waals surface area contributed by atoms with E-state index in [4.69, 9.17) is 0 Å². The molecule has 8 heteroatoms. The summed E-state index contributed by atoms with van der Waals surface area (Å²) in [5.41, 5.74) is 3.42. The number of aromatic carboxylic acids is 1. The van der Waals surface area contributed by atoms with Gasteiger partial charge in [-0.1, -0.05) is 6.07 Å². The van der Waals surface area contributed by atoms with Crippen LogP contribution < -0.4 is 5.56 Å². The number of hydrogen-bond acceptors (Lipinski definition) is 4. The van der Waals surface area contributed by atoms with Gasteiger partial charge in [0.1, 0.15) is 0 Å². The van der Waals surface area contributed by atoms with Crippen LogP contribution in [0.15, 0.2) is 47.8 Å². The predicted octanol–water partition coefficient (Wildman–Crippen LogP) is 1.94. The lowest BCUT2D eigenvalue weighted by atomic mass is 10.0. The number of rotatable bonds is 4. The molecule has 1 aromatic carbocycles. The lowest BCUT2D eigenvalue weighted by Gasteiger charge is -2.05. The van der Waals surface area contributed by atoms with Crippen LogP contribution in [0, 0.1) is 0 Å². The Bertz CT molecular complexity index is 1180. The third-order valence-electron chi connectivity index (χ3n) is 4.35. The molecule has 3 heterocycles. The van der Waals surface area contributed by atoms with Crippen LogP contribution in [0.25, 0.3) is 22.2 Å². The third kappa shape index (κ3) is 2.57. The molecule has 0 atom stereocenters. The van der Waals surface area contributed by atoms with Crippen molar-refractivity contribution >= 4 is 16.9 Å². The van der Waals surface area contributed by atoms with Gasteiger partial charge >= 0.3 is 5.97 Å². The van der Waals surface area contributed by atoms with Crippen molar-refractivity contribution in [2.24, 2.45) is 7.05 Å². The summed E-state index contributed by atoms with van der Waals surface area (Å²) >= 11 is 0. The topological polar surface area (TPSA) is 117 Å². The van der Waals surface area contributed by atoms with Crippen molar-refractivity contribution in [3.05, 3.63) is 70.2 Å². The Kier molecular flexibility index (Phi) is 3.65. The van der Waals surface area contributed by atoms with Crippen molar-refractivity contribution in [3.63, 3.8) is 0 Å². The zero-order valence-corrected chi connectivity index (χ0v) is 13.9. The van der Waals surface area contributed by atoms with Gasteiger partial charge in [-0.05, 0) is 17.7 Å². The summed E-state index contributed by atoms with van der Waals surface area (Å²) in [4.78, 5) is 31.8. The van der Waals surface area contributed by atoms with Crippen LogP contribution in [-0.2, 0) is 13.5 Å². The standard InChI is InChI=1S/C18H15N5O3/c1-23-9-11(12-3-2-10(18(25)26)7-15(12)23)6-14-16(20-5-4-19-14)13-8-21-22-17(13)24/h2-5,7-9H,6H2,1H3,(H,25,26)(H2,21,22,24). The molecular weight excluding hydrogens is 334 g/mol. The Labute approximate surface area is 147 Å². The van der Waals surface area contributed by atoms with E-state index in [0.29, 0.717) is 23.4 Å². The first kappa shape index (κ1) is 15.8. The molecule has 0 aliphatic carbocycles. The van der Waals surface area contributed by atoms with E-state index < -0.39 is 5.97 Å². The maximum absolute atomic E-state index is 11.9.